The summed E-state index contributed by atoms with van der Waals surface area (Å²) in [6.45, 7) is 6.02. The molecule has 6 nitrogen and oxygen atoms in total. The first-order valence-corrected chi connectivity index (χ1v) is 7.97. The molecule has 1 aromatic carbocycles. The molecule has 134 valence electrons. The first-order valence-electron chi connectivity index (χ1n) is 7.97. The minimum Gasteiger partial charge on any atom is -0.351 e. The Morgan fingerprint density at radius 1 is 1.29 bits per heavy atom. The van der Waals surface area contributed by atoms with Crippen molar-refractivity contribution >= 4 is 24.3 Å². The van der Waals surface area contributed by atoms with Gasteiger partial charge >= 0.3 is 6.03 Å². The van der Waals surface area contributed by atoms with E-state index >= 15 is 0 Å². The molecule has 3 amide bonds. The Morgan fingerprint density at radius 2 is 1.92 bits per heavy atom. The summed E-state index contributed by atoms with van der Waals surface area (Å²) in [7, 11) is 1.52. The molecular weight excluding hydrogens is 328 g/mol. The Bertz CT molecular complexity index is 553. The SMILES string of the molecule is CC(C)N1C[C@H](NC(=O)CN(C)C(N)=O)[C@@H](c2ccccc2)C1.Cl. The molecule has 2 rings (SSSR count). The van der Waals surface area contributed by atoms with Crippen molar-refractivity contribution in [2.24, 2.45) is 5.73 Å². The second-order valence-corrected chi connectivity index (χ2v) is 6.43. The van der Waals surface area contributed by atoms with Gasteiger partial charge in [0.05, 0.1) is 0 Å². The van der Waals surface area contributed by atoms with E-state index in [0.717, 1.165) is 13.1 Å². The molecule has 0 saturated carbocycles. The lowest BCUT2D eigenvalue weighted by Gasteiger charge is -2.22. The van der Waals surface area contributed by atoms with E-state index in [4.69, 9.17) is 5.73 Å². The van der Waals surface area contributed by atoms with Gasteiger partial charge < -0.3 is 16.0 Å². The van der Waals surface area contributed by atoms with E-state index in [-0.39, 0.29) is 36.8 Å². The second kappa shape index (κ2) is 8.89. The third-order valence-corrected chi connectivity index (χ3v) is 4.41. The third-order valence-electron chi connectivity index (χ3n) is 4.41. The number of likely N-dealkylation sites (N-methyl/N-ethyl adjacent to an activating group) is 1. The normalized spacial score (nSPS) is 20.5. The number of hydrogen-bond donors (Lipinski definition) is 2. The van der Waals surface area contributed by atoms with Gasteiger partial charge in [-0.1, -0.05) is 30.3 Å². The summed E-state index contributed by atoms with van der Waals surface area (Å²) >= 11 is 0. The molecule has 3 N–H and O–H groups in total. The van der Waals surface area contributed by atoms with Crippen LogP contribution in [0, 0.1) is 0 Å². The fourth-order valence-electron chi connectivity index (χ4n) is 2.99. The maximum absolute atomic E-state index is 12.2. The van der Waals surface area contributed by atoms with Gasteiger partial charge in [0.1, 0.15) is 6.54 Å². The number of nitrogens with one attached hydrogen (secondary N) is 1. The van der Waals surface area contributed by atoms with E-state index in [2.05, 4.69) is 36.2 Å². The van der Waals surface area contributed by atoms with Crippen LogP contribution in [0.1, 0.15) is 25.3 Å². The van der Waals surface area contributed by atoms with E-state index in [1.807, 2.05) is 18.2 Å². The van der Waals surface area contributed by atoms with Gasteiger partial charge in [-0.05, 0) is 19.4 Å². The second-order valence-electron chi connectivity index (χ2n) is 6.43. The summed E-state index contributed by atoms with van der Waals surface area (Å²) in [4.78, 5) is 26.8. The summed E-state index contributed by atoms with van der Waals surface area (Å²) in [6.07, 6.45) is 0. The van der Waals surface area contributed by atoms with Gasteiger partial charge in [0.2, 0.25) is 5.91 Å². The van der Waals surface area contributed by atoms with Crippen LogP contribution in [-0.4, -0.2) is 60.5 Å². The van der Waals surface area contributed by atoms with Crippen molar-refractivity contribution in [1.29, 1.82) is 0 Å². The number of amides is 3. The van der Waals surface area contributed by atoms with Gasteiger partial charge in [-0.15, -0.1) is 12.4 Å². The molecule has 0 aromatic heterocycles. The van der Waals surface area contributed by atoms with Crippen LogP contribution in [-0.2, 0) is 4.79 Å². The fraction of sp³-hybridized carbons (Fsp3) is 0.529. The third kappa shape index (κ3) is 5.11. The van der Waals surface area contributed by atoms with Crippen LogP contribution in [0.15, 0.2) is 30.3 Å². The molecule has 0 spiro atoms. The highest BCUT2D eigenvalue weighted by atomic mass is 35.5. The Labute approximate surface area is 149 Å². The van der Waals surface area contributed by atoms with E-state index in [1.54, 1.807) is 0 Å². The van der Waals surface area contributed by atoms with E-state index in [9.17, 15) is 9.59 Å². The number of urea groups is 1. The number of carbonyl (C=O) groups excluding carboxylic acids is 2. The molecule has 0 bridgehead atoms. The lowest BCUT2D eigenvalue weighted by atomic mass is 9.94. The number of benzene rings is 1. The molecule has 1 aromatic rings. The van der Waals surface area contributed by atoms with Crippen molar-refractivity contribution in [3.8, 4) is 0 Å². The Morgan fingerprint density at radius 3 is 2.46 bits per heavy atom. The first kappa shape index (κ1) is 20.3. The van der Waals surface area contributed by atoms with Crippen molar-refractivity contribution in [1.82, 2.24) is 15.1 Å². The van der Waals surface area contributed by atoms with Crippen molar-refractivity contribution < 1.29 is 9.59 Å². The molecule has 1 saturated heterocycles. The number of primary amides is 1. The maximum Gasteiger partial charge on any atom is 0.314 e. The average molecular weight is 355 g/mol. The molecule has 2 atom stereocenters. The molecule has 0 unspecified atom stereocenters. The summed E-state index contributed by atoms with van der Waals surface area (Å²) in [5.74, 6) is 0.0734. The molecule has 1 aliphatic heterocycles. The highest BCUT2D eigenvalue weighted by Gasteiger charge is 2.35. The zero-order valence-corrected chi connectivity index (χ0v) is 15.3. The lowest BCUT2D eigenvalue weighted by Crippen LogP contribution is -2.46. The number of halogens is 1. The van der Waals surface area contributed by atoms with Crippen molar-refractivity contribution in [2.75, 3.05) is 26.7 Å². The molecule has 0 radical (unpaired) electrons. The zero-order chi connectivity index (χ0) is 17.0. The molecule has 0 aliphatic carbocycles. The number of nitrogens with two attached hydrogens (primary N) is 1. The standard InChI is InChI=1S/C17H26N4O2.ClH/c1-12(2)21-9-14(13-7-5-4-6-8-13)15(10-21)19-16(22)11-20(3)17(18)23;/h4-8,12,14-15H,9-11H2,1-3H3,(H2,18,23)(H,19,22);1H/t14-,15+;/m1./s1. The van der Waals surface area contributed by atoms with E-state index in [0.29, 0.717) is 6.04 Å². The van der Waals surface area contributed by atoms with Crippen LogP contribution in [0.5, 0.6) is 0 Å². The van der Waals surface area contributed by atoms with E-state index < -0.39 is 6.03 Å². The topological polar surface area (TPSA) is 78.7 Å². The highest BCUT2D eigenvalue weighted by Crippen LogP contribution is 2.28. The van der Waals surface area contributed by atoms with Gasteiger partial charge in [-0.3, -0.25) is 9.69 Å². The number of likely N-dealkylation sites (tertiary alicyclic amines) is 1. The predicted octanol–water partition coefficient (Wildman–Crippen LogP) is 1.41. The van der Waals surface area contributed by atoms with Gasteiger partial charge in [0.15, 0.2) is 0 Å². The number of nitrogens with zero attached hydrogens (tertiary/aromatic N) is 2. The van der Waals surface area contributed by atoms with Gasteiger partial charge in [0, 0.05) is 38.1 Å². The molecule has 7 heteroatoms. The van der Waals surface area contributed by atoms with Crippen LogP contribution in [0.4, 0.5) is 4.79 Å². The summed E-state index contributed by atoms with van der Waals surface area (Å²) in [5, 5.41) is 3.07. The predicted molar refractivity (Wildman–Crippen MR) is 97.3 cm³/mol. The highest BCUT2D eigenvalue weighted by molar-refractivity contribution is 5.85. The monoisotopic (exact) mass is 354 g/mol. The first-order chi connectivity index (χ1) is 10.9. The average Bonchev–Trinajstić information content (AvgIpc) is 2.92. The summed E-state index contributed by atoms with van der Waals surface area (Å²) in [6, 6.07) is 10.1. The van der Waals surface area contributed by atoms with Crippen molar-refractivity contribution in [3.05, 3.63) is 35.9 Å². The van der Waals surface area contributed by atoms with Crippen LogP contribution >= 0.6 is 12.4 Å². The smallest absolute Gasteiger partial charge is 0.314 e. The summed E-state index contributed by atoms with van der Waals surface area (Å²) < 4.78 is 0. The van der Waals surface area contributed by atoms with Crippen LogP contribution in [0.25, 0.3) is 0 Å². The van der Waals surface area contributed by atoms with Crippen LogP contribution in [0.2, 0.25) is 0 Å². The van der Waals surface area contributed by atoms with Crippen LogP contribution < -0.4 is 11.1 Å². The van der Waals surface area contributed by atoms with Gasteiger partial charge in [0.25, 0.3) is 0 Å². The molecule has 1 fully saturated rings. The van der Waals surface area contributed by atoms with Crippen molar-refractivity contribution in [2.45, 2.75) is 31.8 Å². The molecular formula is C17H27ClN4O2. The van der Waals surface area contributed by atoms with Crippen LogP contribution in [0.3, 0.4) is 0 Å². The van der Waals surface area contributed by atoms with Gasteiger partial charge in [-0.25, -0.2) is 4.79 Å². The lowest BCUT2D eigenvalue weighted by molar-refractivity contribution is -0.122. The number of carbonyl (C=O) groups is 2. The molecule has 24 heavy (non-hydrogen) atoms. The van der Waals surface area contributed by atoms with Gasteiger partial charge in [-0.2, -0.15) is 0 Å². The Kier molecular flexibility index (Phi) is 7.51. The van der Waals surface area contributed by atoms with Crippen molar-refractivity contribution in [3.63, 3.8) is 0 Å². The minimum absolute atomic E-state index is 0. The minimum atomic E-state index is -0.602. The largest absolute Gasteiger partial charge is 0.351 e. The Balaban J connectivity index is 0.00000288. The van der Waals surface area contributed by atoms with E-state index in [1.165, 1.54) is 17.5 Å². The quantitative estimate of drug-likeness (QED) is 0.839. The zero-order valence-electron chi connectivity index (χ0n) is 14.4. The molecule has 1 heterocycles. The number of hydrogen-bond acceptors (Lipinski definition) is 3. The number of rotatable bonds is 5. The fourth-order valence-corrected chi connectivity index (χ4v) is 2.99. The summed E-state index contributed by atoms with van der Waals surface area (Å²) in [5.41, 5.74) is 6.40. The molecule has 1 aliphatic rings. The maximum atomic E-state index is 12.2. The Hall–Kier alpha value is -1.79.